The average molecular weight is 301 g/mol. The molecule has 0 unspecified atom stereocenters. The van der Waals surface area contributed by atoms with Gasteiger partial charge in [-0.05, 0) is 31.9 Å². The van der Waals surface area contributed by atoms with Crippen molar-refractivity contribution in [3.63, 3.8) is 0 Å². The number of hydrogen-bond donors (Lipinski definition) is 1. The molecule has 0 amide bonds. The van der Waals surface area contributed by atoms with Crippen LogP contribution in [-0.4, -0.2) is 24.0 Å². The molecule has 0 heterocycles. The van der Waals surface area contributed by atoms with Crippen molar-refractivity contribution in [2.75, 3.05) is 18.5 Å². The lowest BCUT2D eigenvalue weighted by atomic mass is 10.1. The summed E-state index contributed by atoms with van der Waals surface area (Å²) in [6, 6.07) is 2.95. The van der Waals surface area contributed by atoms with Gasteiger partial charge in [0.2, 0.25) is 0 Å². The highest BCUT2D eigenvalue weighted by Gasteiger charge is 2.14. The molecule has 0 fully saturated rings. The Morgan fingerprint density at radius 2 is 2.20 bits per heavy atom. The Labute approximate surface area is 122 Å². The maximum atomic E-state index is 11.1. The molecule has 1 N–H and O–H groups in total. The van der Waals surface area contributed by atoms with Crippen LogP contribution in [0.15, 0.2) is 12.1 Å². The zero-order chi connectivity index (χ0) is 15.1. The van der Waals surface area contributed by atoms with E-state index in [-0.39, 0.29) is 16.7 Å². The van der Waals surface area contributed by atoms with Gasteiger partial charge in [-0.2, -0.15) is 0 Å². The molecule has 0 aliphatic carbocycles. The Kier molecular flexibility index (Phi) is 6.24. The van der Waals surface area contributed by atoms with Crippen LogP contribution >= 0.6 is 11.6 Å². The number of nitro benzene ring substituents is 1. The molecule has 0 radical (unpaired) electrons. The summed E-state index contributed by atoms with van der Waals surface area (Å²) >= 11 is 5.85. The first-order valence-electron chi connectivity index (χ1n) is 6.29. The number of ether oxygens (including phenoxy) is 1. The number of nitrogens with zero attached hydrogens (tertiary/aromatic N) is 1. The number of halogens is 1. The quantitative estimate of drug-likeness (QED) is 0.361. The Bertz CT molecular complexity index is 505. The molecule has 0 atom stereocenters. The normalized spacial score (nSPS) is 10.2. The van der Waals surface area contributed by atoms with E-state index in [4.69, 9.17) is 16.3 Å². The maximum absolute atomic E-state index is 11.1. The van der Waals surface area contributed by atoms with E-state index in [0.717, 1.165) is 11.3 Å². The van der Waals surface area contributed by atoms with Crippen molar-refractivity contribution in [3.8, 4) is 0 Å². The van der Waals surface area contributed by atoms with E-state index >= 15 is 0 Å². The van der Waals surface area contributed by atoms with Crippen LogP contribution in [-0.2, 0) is 9.53 Å². The molecule has 1 rings (SSSR count). The summed E-state index contributed by atoms with van der Waals surface area (Å²) in [5.41, 5.74) is 1.35. The average Bonchev–Trinajstić information content (AvgIpc) is 2.38. The highest BCUT2D eigenvalue weighted by Crippen LogP contribution is 2.30. The van der Waals surface area contributed by atoms with E-state index in [9.17, 15) is 14.9 Å². The van der Waals surface area contributed by atoms with Crippen LogP contribution in [0.5, 0.6) is 0 Å². The predicted octanol–water partition coefficient (Wildman–Crippen LogP) is 3.31. The van der Waals surface area contributed by atoms with E-state index in [1.54, 1.807) is 13.8 Å². The first-order valence-corrected chi connectivity index (χ1v) is 6.67. The second-order valence-corrected chi connectivity index (χ2v) is 4.62. The van der Waals surface area contributed by atoms with Crippen LogP contribution in [0, 0.1) is 17.0 Å². The van der Waals surface area contributed by atoms with Crippen LogP contribution in [0.4, 0.5) is 11.4 Å². The predicted molar refractivity (Wildman–Crippen MR) is 77.2 cm³/mol. The fraction of sp³-hybridized carbons (Fsp3) is 0.462. The van der Waals surface area contributed by atoms with E-state index in [2.05, 4.69) is 5.32 Å². The lowest BCUT2D eigenvalue weighted by Gasteiger charge is -2.10. The number of carbonyl (C=O) groups excluding carboxylic acids is 1. The second kappa shape index (κ2) is 7.69. The smallest absolute Gasteiger partial charge is 0.305 e. The Morgan fingerprint density at radius 1 is 1.50 bits per heavy atom. The van der Waals surface area contributed by atoms with Crippen LogP contribution in [0.2, 0.25) is 5.02 Å². The number of aryl methyl sites for hydroxylation is 1. The lowest BCUT2D eigenvalue weighted by Crippen LogP contribution is -2.09. The van der Waals surface area contributed by atoms with Crippen molar-refractivity contribution >= 4 is 28.9 Å². The molecule has 0 aliphatic heterocycles. The lowest BCUT2D eigenvalue weighted by molar-refractivity contribution is -0.384. The van der Waals surface area contributed by atoms with Crippen molar-refractivity contribution in [2.45, 2.75) is 26.7 Å². The minimum atomic E-state index is -0.514. The van der Waals surface area contributed by atoms with Gasteiger partial charge < -0.3 is 10.1 Å². The number of nitrogens with one attached hydrogen (secondary N) is 1. The largest absolute Gasteiger partial charge is 0.466 e. The monoisotopic (exact) mass is 300 g/mol. The third-order valence-electron chi connectivity index (χ3n) is 2.67. The topological polar surface area (TPSA) is 81.5 Å². The molecule has 0 spiro atoms. The molecule has 0 aliphatic rings. The Hall–Kier alpha value is -1.82. The van der Waals surface area contributed by atoms with Gasteiger partial charge in [0, 0.05) is 24.7 Å². The molecule has 110 valence electrons. The summed E-state index contributed by atoms with van der Waals surface area (Å²) in [5.74, 6) is -0.229. The van der Waals surface area contributed by atoms with Gasteiger partial charge in [-0.25, -0.2) is 0 Å². The highest BCUT2D eigenvalue weighted by molar-refractivity contribution is 6.33. The first kappa shape index (κ1) is 16.2. The minimum Gasteiger partial charge on any atom is -0.466 e. The zero-order valence-electron chi connectivity index (χ0n) is 11.4. The Morgan fingerprint density at radius 3 is 2.80 bits per heavy atom. The summed E-state index contributed by atoms with van der Waals surface area (Å²) in [4.78, 5) is 21.4. The van der Waals surface area contributed by atoms with Crippen LogP contribution < -0.4 is 5.32 Å². The number of hydrogen-bond acceptors (Lipinski definition) is 5. The van der Waals surface area contributed by atoms with Gasteiger partial charge in [-0.15, -0.1) is 0 Å². The molecule has 0 saturated heterocycles. The van der Waals surface area contributed by atoms with Gasteiger partial charge >= 0.3 is 5.97 Å². The fourth-order valence-corrected chi connectivity index (χ4v) is 1.92. The number of anilines is 1. The zero-order valence-corrected chi connectivity index (χ0v) is 12.2. The molecule has 6 nitrogen and oxygen atoms in total. The van der Waals surface area contributed by atoms with E-state index in [1.807, 2.05) is 0 Å². The van der Waals surface area contributed by atoms with Crippen molar-refractivity contribution < 1.29 is 14.5 Å². The van der Waals surface area contributed by atoms with E-state index in [1.165, 1.54) is 12.1 Å². The number of esters is 1. The van der Waals surface area contributed by atoms with E-state index < -0.39 is 4.92 Å². The summed E-state index contributed by atoms with van der Waals surface area (Å²) in [6.45, 7) is 4.46. The molecule has 0 bridgehead atoms. The Balaban J connectivity index is 2.55. The maximum Gasteiger partial charge on any atom is 0.305 e. The van der Waals surface area contributed by atoms with Crippen molar-refractivity contribution in [1.29, 1.82) is 0 Å². The molecular formula is C13H17ClN2O4. The van der Waals surface area contributed by atoms with Crippen molar-refractivity contribution in [2.24, 2.45) is 0 Å². The van der Waals surface area contributed by atoms with Crippen LogP contribution in [0.1, 0.15) is 25.3 Å². The van der Waals surface area contributed by atoms with Gasteiger partial charge in [0.25, 0.3) is 5.69 Å². The third-order valence-corrected chi connectivity index (χ3v) is 2.97. The fourth-order valence-electron chi connectivity index (χ4n) is 1.69. The van der Waals surface area contributed by atoms with Gasteiger partial charge in [0.05, 0.1) is 11.5 Å². The van der Waals surface area contributed by atoms with Crippen LogP contribution in [0.25, 0.3) is 0 Å². The molecule has 1 aromatic rings. The minimum absolute atomic E-state index is 0.0912. The first-order chi connectivity index (χ1) is 9.45. The molecular weight excluding hydrogens is 284 g/mol. The molecule has 1 aromatic carbocycles. The van der Waals surface area contributed by atoms with Gasteiger partial charge in [0.1, 0.15) is 5.02 Å². The summed E-state index contributed by atoms with van der Waals surface area (Å²) in [5, 5.41) is 13.9. The number of rotatable bonds is 7. The molecule has 0 saturated carbocycles. The van der Waals surface area contributed by atoms with Gasteiger partial charge in [0.15, 0.2) is 0 Å². The summed E-state index contributed by atoms with van der Waals surface area (Å²) in [6.07, 6.45) is 0.952. The van der Waals surface area contributed by atoms with Crippen molar-refractivity contribution in [1.82, 2.24) is 0 Å². The standard InChI is InChI=1S/C13H17ClN2O4/c1-3-20-13(17)5-4-6-15-11-8-10(14)12(16(18)19)7-9(11)2/h7-8,15H,3-6H2,1-2H3. The number of benzene rings is 1. The number of nitro groups is 1. The van der Waals surface area contributed by atoms with Crippen LogP contribution in [0.3, 0.4) is 0 Å². The SMILES string of the molecule is CCOC(=O)CCCNc1cc(Cl)c([N+](=O)[O-])cc1C. The van der Waals surface area contributed by atoms with E-state index in [0.29, 0.717) is 26.0 Å². The molecule has 0 aromatic heterocycles. The molecule has 20 heavy (non-hydrogen) atoms. The summed E-state index contributed by atoms with van der Waals surface area (Å²) < 4.78 is 4.82. The molecule has 7 heteroatoms. The van der Waals surface area contributed by atoms with Gasteiger partial charge in [-0.3, -0.25) is 14.9 Å². The second-order valence-electron chi connectivity index (χ2n) is 4.21. The summed E-state index contributed by atoms with van der Waals surface area (Å²) in [7, 11) is 0. The third kappa shape index (κ3) is 4.70. The van der Waals surface area contributed by atoms with Crippen molar-refractivity contribution in [3.05, 3.63) is 32.8 Å². The highest BCUT2D eigenvalue weighted by atomic mass is 35.5. The number of carbonyl (C=O) groups is 1. The van der Waals surface area contributed by atoms with Gasteiger partial charge in [-0.1, -0.05) is 11.6 Å².